The van der Waals surface area contributed by atoms with E-state index in [2.05, 4.69) is 0 Å². The highest BCUT2D eigenvalue weighted by molar-refractivity contribution is 5.77. The lowest BCUT2D eigenvalue weighted by Gasteiger charge is -2.51. The van der Waals surface area contributed by atoms with Crippen LogP contribution in [-0.2, 0) is 23.8 Å². The first kappa shape index (κ1) is 17.4. The standard InChI is InChI=1S/C17H24O7/c1-8-5-6-17(14(12(8)19)23-10(3)18)11-9(2)7-22-15(20)13(11)24-16(17,4)21/h5,9,11-14,19,21H,6-7H2,1-4H3/t9-,11+,12+,13+,14-,16-,17+/m1/s1. The third-order valence-corrected chi connectivity index (χ3v) is 5.79. The highest BCUT2D eigenvalue weighted by atomic mass is 16.7. The van der Waals surface area contributed by atoms with E-state index in [1.165, 1.54) is 13.8 Å². The van der Waals surface area contributed by atoms with Gasteiger partial charge in [-0.15, -0.1) is 0 Å². The Kier molecular flexibility index (Phi) is 4.01. The van der Waals surface area contributed by atoms with Crippen molar-refractivity contribution in [2.75, 3.05) is 6.61 Å². The van der Waals surface area contributed by atoms with Crippen LogP contribution in [0.25, 0.3) is 0 Å². The van der Waals surface area contributed by atoms with Crippen molar-refractivity contribution in [3.63, 3.8) is 0 Å². The van der Waals surface area contributed by atoms with Gasteiger partial charge in [-0.25, -0.2) is 4.79 Å². The van der Waals surface area contributed by atoms with Gasteiger partial charge < -0.3 is 24.4 Å². The highest BCUT2D eigenvalue weighted by Crippen LogP contribution is 2.61. The average Bonchev–Trinajstić information content (AvgIpc) is 2.73. The van der Waals surface area contributed by atoms with E-state index in [-0.39, 0.29) is 12.5 Å². The van der Waals surface area contributed by atoms with Crippen molar-refractivity contribution in [1.82, 2.24) is 0 Å². The van der Waals surface area contributed by atoms with Crippen molar-refractivity contribution in [1.29, 1.82) is 0 Å². The van der Waals surface area contributed by atoms with Crippen LogP contribution in [0.5, 0.6) is 0 Å². The maximum Gasteiger partial charge on any atom is 0.335 e. The SMILES string of the molecule is CC(=O)O[C@@H]1[C@@H](O)C(C)=CC[C@]12[C@H]1[C@H](C)COC(=O)[C@H]1O[C@@]2(C)O. The summed E-state index contributed by atoms with van der Waals surface area (Å²) in [5, 5.41) is 21.7. The Hall–Kier alpha value is -1.44. The lowest BCUT2D eigenvalue weighted by Crippen LogP contribution is -2.62. The summed E-state index contributed by atoms with van der Waals surface area (Å²) in [5.74, 6) is -3.38. The molecular weight excluding hydrogens is 316 g/mol. The van der Waals surface area contributed by atoms with Crippen LogP contribution in [0.3, 0.4) is 0 Å². The number of esters is 2. The molecule has 7 nitrogen and oxygen atoms in total. The molecule has 7 atom stereocenters. The Labute approximate surface area is 140 Å². The number of rotatable bonds is 1. The number of aliphatic hydroxyl groups excluding tert-OH is 1. The molecule has 24 heavy (non-hydrogen) atoms. The number of fused-ring (bicyclic) bond motifs is 2. The summed E-state index contributed by atoms with van der Waals surface area (Å²) >= 11 is 0. The van der Waals surface area contributed by atoms with E-state index in [0.29, 0.717) is 12.0 Å². The predicted molar refractivity (Wildman–Crippen MR) is 81.5 cm³/mol. The number of hydrogen-bond acceptors (Lipinski definition) is 7. The van der Waals surface area contributed by atoms with Crippen LogP contribution in [0, 0.1) is 17.3 Å². The van der Waals surface area contributed by atoms with Crippen molar-refractivity contribution in [2.24, 2.45) is 17.3 Å². The molecule has 0 aromatic rings. The first-order chi connectivity index (χ1) is 11.1. The summed E-state index contributed by atoms with van der Waals surface area (Å²) in [6.07, 6.45) is -0.863. The molecular formula is C17H24O7. The zero-order chi connectivity index (χ0) is 17.9. The van der Waals surface area contributed by atoms with Crippen LogP contribution in [0.4, 0.5) is 0 Å². The van der Waals surface area contributed by atoms with E-state index in [9.17, 15) is 19.8 Å². The van der Waals surface area contributed by atoms with Crippen LogP contribution in [0.1, 0.15) is 34.1 Å². The van der Waals surface area contributed by atoms with Gasteiger partial charge in [-0.2, -0.15) is 0 Å². The summed E-state index contributed by atoms with van der Waals surface area (Å²) in [5.41, 5.74) is -0.460. The summed E-state index contributed by atoms with van der Waals surface area (Å²) in [4.78, 5) is 23.8. The second kappa shape index (κ2) is 5.54. The van der Waals surface area contributed by atoms with Crippen molar-refractivity contribution in [2.45, 2.75) is 58.2 Å². The molecule has 0 bridgehead atoms. The lowest BCUT2D eigenvalue weighted by molar-refractivity contribution is -0.263. The largest absolute Gasteiger partial charge is 0.463 e. The minimum atomic E-state index is -1.75. The quantitative estimate of drug-likeness (QED) is 0.530. The van der Waals surface area contributed by atoms with E-state index in [1.54, 1.807) is 6.92 Å². The topological polar surface area (TPSA) is 102 Å². The fraction of sp³-hybridized carbons (Fsp3) is 0.765. The Morgan fingerprint density at radius 2 is 2.12 bits per heavy atom. The van der Waals surface area contributed by atoms with E-state index in [1.807, 2.05) is 13.0 Å². The van der Waals surface area contributed by atoms with Gasteiger partial charge in [0.2, 0.25) is 0 Å². The van der Waals surface area contributed by atoms with Crippen LogP contribution >= 0.6 is 0 Å². The highest BCUT2D eigenvalue weighted by Gasteiger charge is 2.72. The number of carbonyl (C=O) groups is 2. The molecule has 0 amide bonds. The maximum atomic E-state index is 12.2. The van der Waals surface area contributed by atoms with Gasteiger partial charge in [0.15, 0.2) is 11.9 Å². The lowest BCUT2D eigenvalue weighted by atomic mass is 9.56. The molecule has 0 radical (unpaired) electrons. The Bertz CT molecular complexity index is 596. The van der Waals surface area contributed by atoms with Gasteiger partial charge in [-0.05, 0) is 31.8 Å². The summed E-state index contributed by atoms with van der Waals surface area (Å²) < 4.78 is 16.3. The van der Waals surface area contributed by atoms with E-state index < -0.39 is 47.4 Å². The minimum Gasteiger partial charge on any atom is -0.463 e. The number of allylic oxidation sites excluding steroid dienone is 1. The van der Waals surface area contributed by atoms with Gasteiger partial charge in [0.05, 0.1) is 12.0 Å². The molecule has 7 heteroatoms. The smallest absolute Gasteiger partial charge is 0.335 e. The molecule has 2 heterocycles. The van der Waals surface area contributed by atoms with Crippen molar-refractivity contribution >= 4 is 11.9 Å². The maximum absolute atomic E-state index is 12.2. The molecule has 2 N–H and O–H groups in total. The Morgan fingerprint density at radius 3 is 2.75 bits per heavy atom. The van der Waals surface area contributed by atoms with E-state index in [4.69, 9.17) is 14.2 Å². The minimum absolute atomic E-state index is 0.112. The third kappa shape index (κ3) is 2.22. The fourth-order valence-corrected chi connectivity index (χ4v) is 4.62. The molecule has 0 unspecified atom stereocenters. The molecule has 2 fully saturated rings. The molecule has 2 saturated heterocycles. The number of hydrogen-bond donors (Lipinski definition) is 2. The zero-order valence-corrected chi connectivity index (χ0v) is 14.3. The predicted octanol–water partition coefficient (Wildman–Crippen LogP) is 0.532. The van der Waals surface area contributed by atoms with E-state index in [0.717, 1.165) is 0 Å². The second-order valence-electron chi connectivity index (χ2n) is 7.32. The summed E-state index contributed by atoms with van der Waals surface area (Å²) in [6, 6.07) is 0. The van der Waals surface area contributed by atoms with Gasteiger partial charge >= 0.3 is 11.9 Å². The molecule has 2 aliphatic heterocycles. The van der Waals surface area contributed by atoms with Gasteiger partial charge in [0.25, 0.3) is 0 Å². The average molecular weight is 340 g/mol. The van der Waals surface area contributed by atoms with Gasteiger partial charge in [-0.1, -0.05) is 13.0 Å². The van der Waals surface area contributed by atoms with Gasteiger partial charge in [-0.3, -0.25) is 4.79 Å². The van der Waals surface area contributed by atoms with Crippen molar-refractivity contribution < 1.29 is 34.0 Å². The molecule has 0 aromatic carbocycles. The Balaban J connectivity index is 2.16. The number of ether oxygens (including phenoxy) is 3. The van der Waals surface area contributed by atoms with E-state index >= 15 is 0 Å². The zero-order valence-electron chi connectivity index (χ0n) is 14.3. The molecule has 3 aliphatic rings. The fourth-order valence-electron chi connectivity index (χ4n) is 4.62. The molecule has 3 rings (SSSR count). The molecule has 1 aliphatic carbocycles. The first-order valence-electron chi connectivity index (χ1n) is 8.20. The van der Waals surface area contributed by atoms with Crippen molar-refractivity contribution in [3.05, 3.63) is 11.6 Å². The third-order valence-electron chi connectivity index (χ3n) is 5.79. The normalized spacial score (nSPS) is 47.8. The van der Waals surface area contributed by atoms with Crippen LogP contribution in [-0.4, -0.2) is 52.9 Å². The van der Waals surface area contributed by atoms with Crippen LogP contribution in [0.2, 0.25) is 0 Å². The van der Waals surface area contributed by atoms with Gasteiger partial charge in [0, 0.05) is 12.8 Å². The number of carbonyl (C=O) groups excluding carboxylic acids is 2. The summed E-state index contributed by atoms with van der Waals surface area (Å²) in [6.45, 7) is 6.57. The molecule has 134 valence electrons. The van der Waals surface area contributed by atoms with Gasteiger partial charge in [0.1, 0.15) is 12.2 Å². The molecule has 0 saturated carbocycles. The van der Waals surface area contributed by atoms with Crippen molar-refractivity contribution in [3.8, 4) is 0 Å². The number of aliphatic hydroxyl groups is 2. The van der Waals surface area contributed by atoms with Crippen LogP contribution < -0.4 is 0 Å². The second-order valence-corrected chi connectivity index (χ2v) is 7.32. The molecule has 1 spiro atoms. The number of cyclic esters (lactones) is 1. The first-order valence-corrected chi connectivity index (χ1v) is 8.20. The monoisotopic (exact) mass is 340 g/mol. The summed E-state index contributed by atoms with van der Waals surface area (Å²) in [7, 11) is 0. The van der Waals surface area contributed by atoms with Crippen LogP contribution in [0.15, 0.2) is 11.6 Å². The molecule has 0 aromatic heterocycles. The Morgan fingerprint density at radius 1 is 1.46 bits per heavy atom.